The van der Waals surface area contributed by atoms with Crippen LogP contribution < -0.4 is 4.74 Å². The van der Waals surface area contributed by atoms with Crippen LogP contribution in [0.1, 0.15) is 49.5 Å². The second-order valence-electron chi connectivity index (χ2n) is 8.79. The largest absolute Gasteiger partial charge is 0.573 e. The van der Waals surface area contributed by atoms with Crippen LogP contribution in [0, 0.1) is 5.41 Å². The molecular weight excluding hydrogens is 403 g/mol. The minimum atomic E-state index is -4.91. The number of hydrogen-bond acceptors (Lipinski definition) is 5. The van der Waals surface area contributed by atoms with E-state index in [0.29, 0.717) is 18.7 Å². The summed E-state index contributed by atoms with van der Waals surface area (Å²) in [7, 11) is 1.09. The molecule has 0 aromatic heterocycles. The van der Waals surface area contributed by atoms with Crippen molar-refractivity contribution < 1.29 is 37.0 Å². The van der Waals surface area contributed by atoms with Gasteiger partial charge in [-0.1, -0.05) is 17.7 Å². The quantitative estimate of drug-likeness (QED) is 0.650. The Morgan fingerprint density at radius 2 is 1.77 bits per heavy atom. The molecule has 1 aromatic carbocycles. The van der Waals surface area contributed by atoms with E-state index in [2.05, 4.69) is 9.47 Å². The molecule has 2 aliphatic rings. The molecule has 0 radical (unpaired) electrons. The highest BCUT2D eigenvalue weighted by molar-refractivity contribution is 5.93. The van der Waals surface area contributed by atoms with Crippen LogP contribution in [0.3, 0.4) is 0 Å². The number of allylic oxidation sites excluding steroid dienone is 1. The molecule has 0 atom stereocenters. The molecule has 0 bridgehead atoms. The van der Waals surface area contributed by atoms with Gasteiger partial charge in [-0.3, -0.25) is 0 Å². The summed E-state index contributed by atoms with van der Waals surface area (Å²) in [6.07, 6.45) is -1.84. The third kappa shape index (κ3) is 5.06. The number of esters is 1. The summed E-state index contributed by atoms with van der Waals surface area (Å²) in [5.41, 5.74) is 0.882. The van der Waals surface area contributed by atoms with Crippen LogP contribution in [-0.2, 0) is 9.47 Å². The number of alkyl halides is 3. The van der Waals surface area contributed by atoms with E-state index < -0.39 is 23.7 Å². The Bertz CT molecular complexity index is 870. The van der Waals surface area contributed by atoms with Gasteiger partial charge in [-0.2, -0.15) is 0 Å². The summed E-state index contributed by atoms with van der Waals surface area (Å²) in [6, 6.07) is 3.88. The molecule has 1 aliphatic carbocycles. The van der Waals surface area contributed by atoms with Gasteiger partial charge in [-0.15, -0.1) is 13.2 Å². The zero-order valence-corrected chi connectivity index (χ0v) is 17.3. The lowest BCUT2D eigenvalue weighted by Gasteiger charge is -2.56. The van der Waals surface area contributed by atoms with Crippen molar-refractivity contribution in [3.05, 3.63) is 34.9 Å². The van der Waals surface area contributed by atoms with Crippen LogP contribution >= 0.6 is 0 Å². The first-order valence-electron chi connectivity index (χ1n) is 9.45. The molecule has 1 heterocycles. The van der Waals surface area contributed by atoms with Crippen LogP contribution in [0.5, 0.6) is 5.75 Å². The van der Waals surface area contributed by atoms with E-state index in [1.807, 2.05) is 26.8 Å². The van der Waals surface area contributed by atoms with Crippen LogP contribution in [0.2, 0.25) is 0 Å². The normalized spacial score (nSPS) is 17.7. The molecule has 1 aliphatic heterocycles. The zero-order chi connectivity index (χ0) is 22.3. The van der Waals surface area contributed by atoms with Gasteiger partial charge in [0.05, 0.1) is 7.11 Å². The zero-order valence-electron chi connectivity index (χ0n) is 17.3. The molecule has 1 saturated carbocycles. The van der Waals surface area contributed by atoms with Gasteiger partial charge in [0.25, 0.3) is 0 Å². The lowest BCUT2D eigenvalue weighted by molar-refractivity contribution is -0.274. The maximum absolute atomic E-state index is 12.6. The molecule has 1 aromatic rings. The number of rotatable bonds is 3. The second-order valence-corrected chi connectivity index (χ2v) is 8.79. The number of ether oxygens (including phenoxy) is 3. The van der Waals surface area contributed by atoms with E-state index in [-0.39, 0.29) is 17.1 Å². The molecule has 1 saturated heterocycles. The number of amides is 1. The first-order valence-corrected chi connectivity index (χ1v) is 9.45. The molecule has 164 valence electrons. The van der Waals surface area contributed by atoms with Crippen molar-refractivity contribution in [2.24, 2.45) is 5.41 Å². The summed E-state index contributed by atoms with van der Waals surface area (Å²) < 4.78 is 51.5. The number of halogens is 3. The van der Waals surface area contributed by atoms with Crippen molar-refractivity contribution in [3.63, 3.8) is 0 Å². The average molecular weight is 427 g/mol. The Hall–Kier alpha value is -2.71. The number of likely N-dealkylation sites (tertiary alicyclic amines) is 1. The second kappa shape index (κ2) is 7.52. The Morgan fingerprint density at radius 1 is 1.13 bits per heavy atom. The molecule has 30 heavy (non-hydrogen) atoms. The Labute approximate surface area is 172 Å². The topological polar surface area (TPSA) is 65.1 Å². The van der Waals surface area contributed by atoms with E-state index in [1.165, 1.54) is 12.1 Å². The first-order chi connectivity index (χ1) is 13.8. The highest BCUT2D eigenvalue weighted by atomic mass is 19.4. The number of benzene rings is 1. The third-order valence-electron chi connectivity index (χ3n) is 4.91. The van der Waals surface area contributed by atoms with E-state index in [0.717, 1.165) is 31.6 Å². The Morgan fingerprint density at radius 3 is 2.30 bits per heavy atom. The highest BCUT2D eigenvalue weighted by Gasteiger charge is 2.52. The van der Waals surface area contributed by atoms with Crippen LogP contribution in [0.25, 0.3) is 6.08 Å². The number of hydrogen-bond donors (Lipinski definition) is 0. The lowest BCUT2D eigenvalue weighted by atomic mass is 9.60. The van der Waals surface area contributed by atoms with Crippen LogP contribution in [0.15, 0.2) is 23.8 Å². The number of carbonyl (C=O) groups excluding carboxylic acids is 2. The maximum Gasteiger partial charge on any atom is 0.573 e. The molecule has 6 nitrogen and oxygen atoms in total. The van der Waals surface area contributed by atoms with Crippen molar-refractivity contribution in [2.75, 3.05) is 20.2 Å². The van der Waals surface area contributed by atoms with Crippen molar-refractivity contribution >= 4 is 18.1 Å². The first kappa shape index (κ1) is 22.0. The maximum atomic E-state index is 12.6. The fourth-order valence-corrected chi connectivity index (χ4v) is 3.81. The smallest absolute Gasteiger partial charge is 0.465 e. The average Bonchev–Trinajstić information content (AvgIpc) is 2.53. The summed E-state index contributed by atoms with van der Waals surface area (Å²) in [5, 5.41) is 0. The van der Waals surface area contributed by atoms with Crippen molar-refractivity contribution in [2.45, 2.75) is 45.6 Å². The van der Waals surface area contributed by atoms with Gasteiger partial charge in [0.1, 0.15) is 16.9 Å². The van der Waals surface area contributed by atoms with Gasteiger partial charge in [0.2, 0.25) is 0 Å². The molecule has 9 heteroatoms. The fraction of sp³-hybridized carbons (Fsp3) is 0.524. The van der Waals surface area contributed by atoms with E-state index in [4.69, 9.17) is 4.74 Å². The molecule has 0 N–H and O–H groups in total. The van der Waals surface area contributed by atoms with Gasteiger partial charge in [-0.25, -0.2) is 9.59 Å². The van der Waals surface area contributed by atoms with Gasteiger partial charge >= 0.3 is 18.4 Å². The predicted molar refractivity (Wildman–Crippen MR) is 102 cm³/mol. The van der Waals surface area contributed by atoms with E-state index in [1.54, 1.807) is 4.90 Å². The number of carbonyl (C=O) groups is 2. The van der Waals surface area contributed by atoms with Gasteiger partial charge in [0.15, 0.2) is 0 Å². The standard InChI is InChI=1S/C21H24F3NO5/c1-19(2,3)30-18(27)25-11-20(12-25)9-14(10-20)7-13-5-6-16(29-21(22,23)24)15(8-13)17(26)28-4/h5-8H,9-12H2,1-4H3. The van der Waals surface area contributed by atoms with Gasteiger partial charge < -0.3 is 19.1 Å². The molecule has 2 fully saturated rings. The van der Waals surface area contributed by atoms with E-state index in [9.17, 15) is 22.8 Å². The minimum Gasteiger partial charge on any atom is -0.465 e. The SMILES string of the molecule is COC(=O)c1cc(C=C2CC3(C2)CN(C(=O)OC(C)(C)C)C3)ccc1OC(F)(F)F. The summed E-state index contributed by atoms with van der Waals surface area (Å²) >= 11 is 0. The van der Waals surface area contributed by atoms with Gasteiger partial charge in [0, 0.05) is 18.5 Å². The molecule has 0 unspecified atom stereocenters. The highest BCUT2D eigenvalue weighted by Crippen LogP contribution is 2.52. The minimum absolute atomic E-state index is 0.0350. The van der Waals surface area contributed by atoms with Crippen molar-refractivity contribution in [1.82, 2.24) is 4.90 Å². The van der Waals surface area contributed by atoms with Crippen molar-refractivity contribution in [3.8, 4) is 5.75 Å². The third-order valence-corrected chi connectivity index (χ3v) is 4.91. The van der Waals surface area contributed by atoms with E-state index >= 15 is 0 Å². The molecule has 3 rings (SSSR count). The van der Waals surface area contributed by atoms with Crippen LogP contribution in [0.4, 0.5) is 18.0 Å². The number of nitrogens with zero attached hydrogens (tertiary/aromatic N) is 1. The number of methoxy groups -OCH3 is 1. The summed E-state index contributed by atoms with van der Waals surface area (Å²) in [5.74, 6) is -1.51. The Kier molecular flexibility index (Phi) is 5.51. The molecular formula is C21H24F3NO5. The fourth-order valence-electron chi connectivity index (χ4n) is 3.81. The van der Waals surface area contributed by atoms with Crippen LogP contribution in [-0.4, -0.2) is 49.1 Å². The van der Waals surface area contributed by atoms with Crippen molar-refractivity contribution in [1.29, 1.82) is 0 Å². The summed E-state index contributed by atoms with van der Waals surface area (Å²) in [6.45, 7) is 6.69. The molecule has 1 amide bonds. The Balaban J connectivity index is 1.64. The van der Waals surface area contributed by atoms with Gasteiger partial charge in [-0.05, 0) is 51.3 Å². The monoisotopic (exact) mass is 427 g/mol. The lowest BCUT2D eigenvalue weighted by Crippen LogP contribution is -2.62. The predicted octanol–water partition coefficient (Wildman–Crippen LogP) is 4.79. The molecule has 1 spiro atoms. The summed E-state index contributed by atoms with van der Waals surface area (Å²) in [4.78, 5) is 25.6.